The van der Waals surface area contributed by atoms with Crippen molar-refractivity contribution in [3.8, 4) is 0 Å². The summed E-state index contributed by atoms with van der Waals surface area (Å²) in [6.07, 6.45) is 0. The molecule has 142 valence electrons. The number of fused-ring (bicyclic) bond motifs is 1. The van der Waals surface area contributed by atoms with Gasteiger partial charge < -0.3 is 10.0 Å². The first kappa shape index (κ1) is 18.1. The Hall–Kier alpha value is -2.32. The Morgan fingerprint density at radius 3 is 2.52 bits per heavy atom. The summed E-state index contributed by atoms with van der Waals surface area (Å²) in [5, 5.41) is 12.4. The molecule has 3 aliphatic rings. The molecule has 4 rings (SSSR count). The maximum Gasteiger partial charge on any atom is 0.352 e. The molecule has 2 fully saturated rings. The van der Waals surface area contributed by atoms with Crippen LogP contribution >= 0.6 is 11.8 Å². The van der Waals surface area contributed by atoms with Crippen LogP contribution in [0.4, 0.5) is 0 Å². The zero-order chi connectivity index (χ0) is 19.5. The van der Waals surface area contributed by atoms with Crippen molar-refractivity contribution in [2.24, 2.45) is 0 Å². The largest absolute Gasteiger partial charge is 0.477 e. The first-order chi connectivity index (χ1) is 12.7. The van der Waals surface area contributed by atoms with E-state index in [2.05, 4.69) is 5.32 Å². The van der Waals surface area contributed by atoms with Crippen molar-refractivity contribution in [1.82, 2.24) is 15.1 Å². The zero-order valence-electron chi connectivity index (χ0n) is 15.3. The predicted molar refractivity (Wildman–Crippen MR) is 100 cm³/mol. The van der Waals surface area contributed by atoms with Gasteiger partial charge in [-0.05, 0) is 31.9 Å². The maximum absolute atomic E-state index is 13.2. The molecular weight excluding hydrogens is 366 g/mol. The van der Waals surface area contributed by atoms with Crippen LogP contribution in [0.1, 0.15) is 32.4 Å². The van der Waals surface area contributed by atoms with E-state index in [0.717, 1.165) is 5.56 Å². The lowest BCUT2D eigenvalue weighted by atomic mass is 9.99. The highest BCUT2D eigenvalue weighted by Crippen LogP contribution is 2.46. The first-order valence-corrected chi connectivity index (χ1v) is 9.82. The fourth-order valence-electron chi connectivity index (χ4n) is 4.12. The van der Waals surface area contributed by atoms with Crippen LogP contribution in [-0.4, -0.2) is 55.5 Å². The van der Waals surface area contributed by atoms with Gasteiger partial charge in [0.15, 0.2) is 0 Å². The lowest BCUT2D eigenvalue weighted by molar-refractivity contribution is -0.162. The quantitative estimate of drug-likeness (QED) is 0.765. The van der Waals surface area contributed by atoms with E-state index >= 15 is 0 Å². The lowest BCUT2D eigenvalue weighted by Gasteiger charge is -2.54. The minimum atomic E-state index is -1.10. The number of amides is 2. The van der Waals surface area contributed by atoms with Crippen LogP contribution in [0.2, 0.25) is 0 Å². The van der Waals surface area contributed by atoms with Crippen LogP contribution in [0, 0.1) is 0 Å². The van der Waals surface area contributed by atoms with E-state index in [1.807, 2.05) is 44.2 Å². The lowest BCUT2D eigenvalue weighted by Crippen LogP contribution is -2.73. The van der Waals surface area contributed by atoms with Crippen LogP contribution in [0.3, 0.4) is 0 Å². The van der Waals surface area contributed by atoms with E-state index in [9.17, 15) is 19.5 Å². The fraction of sp³-hybridized carbons (Fsp3) is 0.421. The molecule has 2 N–H and O–H groups in total. The molecule has 3 aliphatic heterocycles. The smallest absolute Gasteiger partial charge is 0.352 e. The van der Waals surface area contributed by atoms with Gasteiger partial charge in [-0.15, -0.1) is 11.8 Å². The van der Waals surface area contributed by atoms with E-state index in [1.54, 1.807) is 11.8 Å². The van der Waals surface area contributed by atoms with E-state index in [0.29, 0.717) is 11.3 Å². The van der Waals surface area contributed by atoms with E-state index in [1.165, 1.54) is 16.7 Å². The van der Waals surface area contributed by atoms with Gasteiger partial charge in [0.1, 0.15) is 23.2 Å². The molecule has 8 heteroatoms. The topological polar surface area (TPSA) is 90.0 Å². The molecule has 2 saturated heterocycles. The average Bonchev–Trinajstić information content (AvgIpc) is 2.86. The molecule has 1 aromatic carbocycles. The van der Waals surface area contributed by atoms with Crippen molar-refractivity contribution in [3.63, 3.8) is 0 Å². The van der Waals surface area contributed by atoms with Crippen LogP contribution in [-0.2, 0) is 14.4 Å². The summed E-state index contributed by atoms with van der Waals surface area (Å²) < 4.78 is 0. The highest BCUT2D eigenvalue weighted by molar-refractivity contribution is 8.00. The average molecular weight is 387 g/mol. The molecule has 2 unspecified atom stereocenters. The Morgan fingerprint density at radius 2 is 1.89 bits per heavy atom. The number of benzene rings is 1. The number of aliphatic carboxylic acids is 1. The van der Waals surface area contributed by atoms with Gasteiger partial charge in [-0.25, -0.2) is 4.79 Å². The summed E-state index contributed by atoms with van der Waals surface area (Å²) in [5.41, 5.74) is 0.851. The molecule has 0 saturated carbocycles. The number of rotatable bonds is 3. The van der Waals surface area contributed by atoms with Crippen molar-refractivity contribution in [2.75, 3.05) is 5.75 Å². The molecule has 3 atom stereocenters. The molecule has 27 heavy (non-hydrogen) atoms. The van der Waals surface area contributed by atoms with Gasteiger partial charge in [0.05, 0.1) is 5.66 Å². The van der Waals surface area contributed by atoms with Crippen molar-refractivity contribution in [3.05, 3.63) is 47.2 Å². The summed E-state index contributed by atoms with van der Waals surface area (Å²) in [4.78, 5) is 40.7. The highest BCUT2D eigenvalue weighted by atomic mass is 32.2. The zero-order valence-corrected chi connectivity index (χ0v) is 16.1. The van der Waals surface area contributed by atoms with E-state index < -0.39 is 23.7 Å². The number of nitrogens with one attached hydrogen (secondary N) is 1. The van der Waals surface area contributed by atoms with Gasteiger partial charge in [0.2, 0.25) is 5.91 Å². The summed E-state index contributed by atoms with van der Waals surface area (Å²) in [7, 11) is 0. The van der Waals surface area contributed by atoms with Crippen molar-refractivity contribution in [2.45, 2.75) is 43.9 Å². The third-order valence-corrected chi connectivity index (χ3v) is 6.74. The molecular formula is C19H21N3O4S. The molecule has 0 aliphatic carbocycles. The molecule has 0 aromatic heterocycles. The Bertz CT molecular complexity index is 867. The summed E-state index contributed by atoms with van der Waals surface area (Å²) in [5.74, 6) is -1.06. The summed E-state index contributed by atoms with van der Waals surface area (Å²) in [6, 6.07) is 8.22. The molecule has 1 aromatic rings. The van der Waals surface area contributed by atoms with E-state index in [-0.39, 0.29) is 22.9 Å². The normalized spacial score (nSPS) is 29.7. The van der Waals surface area contributed by atoms with Gasteiger partial charge >= 0.3 is 5.97 Å². The summed E-state index contributed by atoms with van der Waals surface area (Å²) >= 11 is 1.50. The third kappa shape index (κ3) is 2.58. The second-order valence-corrected chi connectivity index (χ2v) is 8.65. The Balaban J connectivity index is 1.66. The summed E-state index contributed by atoms with van der Waals surface area (Å²) in [6.45, 7) is 5.47. The Kier molecular flexibility index (Phi) is 4.08. The Morgan fingerprint density at radius 1 is 1.22 bits per heavy atom. The number of β-lactam (4-membered cyclic amide) rings is 1. The van der Waals surface area contributed by atoms with Gasteiger partial charge in [-0.3, -0.25) is 19.8 Å². The minimum absolute atomic E-state index is 0.0528. The monoisotopic (exact) mass is 387 g/mol. The maximum atomic E-state index is 13.2. The number of carboxylic acid groups (broad SMARTS) is 1. The SMILES string of the molecule is CC1=C(C(=O)O)N2C(=O)C(N3C(=O)C(c4ccccc4)NC3(C)C)[C@H]2SC1. The van der Waals surface area contributed by atoms with Gasteiger partial charge in [0.25, 0.3) is 5.91 Å². The van der Waals surface area contributed by atoms with Crippen LogP contribution < -0.4 is 5.32 Å². The highest BCUT2D eigenvalue weighted by Gasteiger charge is 2.61. The molecule has 2 amide bonds. The fourth-order valence-corrected chi connectivity index (χ4v) is 5.45. The second-order valence-electron chi connectivity index (χ2n) is 7.54. The van der Waals surface area contributed by atoms with Crippen molar-refractivity contribution < 1.29 is 19.5 Å². The minimum Gasteiger partial charge on any atom is -0.477 e. The molecule has 3 heterocycles. The standard InChI is InChI=1S/C19H21N3O4S/c1-10-9-27-17-14(16(24)21(17)13(10)18(25)26)22-15(23)12(20-19(22,2)3)11-7-5-4-6-8-11/h4-8,12,14,17,20H,9H2,1-3H3,(H,25,26)/t12?,14?,17-/m1/s1. The first-order valence-electron chi connectivity index (χ1n) is 8.77. The predicted octanol–water partition coefficient (Wildman–Crippen LogP) is 1.54. The second kappa shape index (κ2) is 6.10. The molecule has 0 spiro atoms. The van der Waals surface area contributed by atoms with Crippen molar-refractivity contribution in [1.29, 1.82) is 0 Å². The van der Waals surface area contributed by atoms with Gasteiger partial charge in [-0.1, -0.05) is 30.3 Å². The van der Waals surface area contributed by atoms with Gasteiger partial charge in [0, 0.05) is 5.75 Å². The third-order valence-electron chi connectivity index (χ3n) is 5.33. The van der Waals surface area contributed by atoms with Gasteiger partial charge in [-0.2, -0.15) is 0 Å². The van der Waals surface area contributed by atoms with Crippen molar-refractivity contribution >= 4 is 29.5 Å². The number of hydrogen-bond donors (Lipinski definition) is 2. The van der Waals surface area contributed by atoms with Crippen LogP contribution in [0.15, 0.2) is 41.6 Å². The molecule has 7 nitrogen and oxygen atoms in total. The molecule has 0 radical (unpaired) electrons. The number of carbonyl (C=O) groups excluding carboxylic acids is 2. The van der Waals surface area contributed by atoms with Crippen LogP contribution in [0.25, 0.3) is 0 Å². The number of thioether (sulfide) groups is 1. The number of nitrogens with zero attached hydrogens (tertiary/aromatic N) is 2. The van der Waals surface area contributed by atoms with E-state index in [4.69, 9.17) is 0 Å². The molecule has 0 bridgehead atoms. The Labute approximate surface area is 161 Å². The number of carbonyl (C=O) groups is 3. The number of carboxylic acids is 1. The number of hydrogen-bond acceptors (Lipinski definition) is 5. The van der Waals surface area contributed by atoms with Crippen LogP contribution in [0.5, 0.6) is 0 Å².